The van der Waals surface area contributed by atoms with Crippen molar-refractivity contribution in [2.75, 3.05) is 0 Å². The van der Waals surface area contributed by atoms with Crippen LogP contribution in [0.1, 0.15) is 12.8 Å². The van der Waals surface area contributed by atoms with Crippen LogP contribution in [-0.4, -0.2) is 16.0 Å². The predicted molar refractivity (Wildman–Crippen MR) is 45.2 cm³/mol. The molecule has 1 rings (SSSR count). The summed E-state index contributed by atoms with van der Waals surface area (Å²) in [6, 6.07) is 0. The summed E-state index contributed by atoms with van der Waals surface area (Å²) in [5.74, 6) is 0. The second-order valence-electron chi connectivity index (χ2n) is 2.47. The second-order valence-corrected chi connectivity index (χ2v) is 3.28. The van der Waals surface area contributed by atoms with E-state index in [9.17, 15) is 8.78 Å². The van der Waals surface area contributed by atoms with E-state index in [1.54, 1.807) is 17.1 Å². The van der Waals surface area contributed by atoms with Gasteiger partial charge in [0.2, 0.25) is 6.43 Å². The quantitative estimate of drug-likeness (QED) is 0.789. The molecule has 0 saturated carbocycles. The van der Waals surface area contributed by atoms with E-state index in [1.807, 2.05) is 0 Å². The summed E-state index contributed by atoms with van der Waals surface area (Å²) >= 11 is 3.17. The van der Waals surface area contributed by atoms with Crippen LogP contribution in [0, 0.1) is 0 Å². The standard InChI is InChI=1S/C7H9BrF2N2/c8-6-4-12(5-11-6)3-1-2-7(9)10/h4-5,7H,1-3H2. The second kappa shape index (κ2) is 4.54. The molecule has 5 heteroatoms. The fourth-order valence-electron chi connectivity index (χ4n) is 0.883. The zero-order chi connectivity index (χ0) is 8.97. The molecule has 0 aromatic carbocycles. The Morgan fingerprint density at radius 2 is 2.33 bits per heavy atom. The molecule has 0 atom stereocenters. The van der Waals surface area contributed by atoms with Gasteiger partial charge in [-0.3, -0.25) is 0 Å². The van der Waals surface area contributed by atoms with Crippen LogP contribution in [-0.2, 0) is 6.54 Å². The smallest absolute Gasteiger partial charge is 0.238 e. The van der Waals surface area contributed by atoms with Crippen molar-refractivity contribution in [3.63, 3.8) is 0 Å². The van der Waals surface area contributed by atoms with Gasteiger partial charge < -0.3 is 4.57 Å². The van der Waals surface area contributed by atoms with E-state index in [2.05, 4.69) is 20.9 Å². The van der Waals surface area contributed by atoms with Crippen molar-refractivity contribution in [2.24, 2.45) is 0 Å². The van der Waals surface area contributed by atoms with E-state index in [0.717, 1.165) is 4.60 Å². The van der Waals surface area contributed by atoms with Crippen LogP contribution in [0.4, 0.5) is 8.78 Å². The van der Waals surface area contributed by atoms with Crippen molar-refractivity contribution >= 4 is 15.9 Å². The summed E-state index contributed by atoms with van der Waals surface area (Å²) in [5, 5.41) is 0. The molecule has 0 aliphatic carbocycles. The van der Waals surface area contributed by atoms with Gasteiger partial charge in [0.1, 0.15) is 4.60 Å². The fraction of sp³-hybridized carbons (Fsp3) is 0.571. The molecule has 1 aromatic rings. The van der Waals surface area contributed by atoms with E-state index in [-0.39, 0.29) is 6.42 Å². The first kappa shape index (κ1) is 9.64. The molecule has 0 N–H and O–H groups in total. The lowest BCUT2D eigenvalue weighted by Gasteiger charge is -2.00. The van der Waals surface area contributed by atoms with Gasteiger partial charge in [-0.05, 0) is 22.4 Å². The molecule has 12 heavy (non-hydrogen) atoms. The number of aryl methyl sites for hydroxylation is 1. The Morgan fingerprint density at radius 1 is 1.58 bits per heavy atom. The third kappa shape index (κ3) is 3.30. The molecule has 0 saturated heterocycles. The third-order valence-electron chi connectivity index (χ3n) is 1.44. The highest BCUT2D eigenvalue weighted by Crippen LogP contribution is 2.08. The van der Waals surface area contributed by atoms with Crippen molar-refractivity contribution in [1.29, 1.82) is 0 Å². The molecule has 1 aromatic heterocycles. The fourth-order valence-corrected chi connectivity index (χ4v) is 1.24. The molecule has 0 aliphatic rings. The Morgan fingerprint density at radius 3 is 2.83 bits per heavy atom. The number of aromatic nitrogens is 2. The monoisotopic (exact) mass is 238 g/mol. The maximum Gasteiger partial charge on any atom is 0.238 e. The number of halogens is 3. The van der Waals surface area contributed by atoms with Gasteiger partial charge in [0.25, 0.3) is 0 Å². The minimum absolute atomic E-state index is 0.0458. The van der Waals surface area contributed by atoms with Crippen molar-refractivity contribution in [2.45, 2.75) is 25.8 Å². The molecule has 0 aliphatic heterocycles. The highest BCUT2D eigenvalue weighted by Gasteiger charge is 2.01. The summed E-state index contributed by atoms with van der Waals surface area (Å²) in [6.07, 6.45) is 1.63. The number of hydrogen-bond acceptors (Lipinski definition) is 1. The van der Waals surface area contributed by atoms with E-state index in [0.29, 0.717) is 13.0 Å². The highest BCUT2D eigenvalue weighted by atomic mass is 79.9. The lowest BCUT2D eigenvalue weighted by molar-refractivity contribution is 0.133. The van der Waals surface area contributed by atoms with Crippen LogP contribution in [0.5, 0.6) is 0 Å². The Balaban J connectivity index is 2.24. The lowest BCUT2D eigenvalue weighted by atomic mass is 10.3. The van der Waals surface area contributed by atoms with Gasteiger partial charge in [-0.25, -0.2) is 13.8 Å². The minimum Gasteiger partial charge on any atom is -0.336 e. The summed E-state index contributed by atoms with van der Waals surface area (Å²) in [5.41, 5.74) is 0. The largest absolute Gasteiger partial charge is 0.336 e. The summed E-state index contributed by atoms with van der Waals surface area (Å²) in [7, 11) is 0. The molecule has 68 valence electrons. The Kier molecular flexibility index (Phi) is 3.65. The molecule has 0 spiro atoms. The Bertz CT molecular complexity index is 237. The average Bonchev–Trinajstić information content (AvgIpc) is 2.35. The van der Waals surface area contributed by atoms with Crippen molar-refractivity contribution < 1.29 is 8.78 Å². The molecule has 0 radical (unpaired) electrons. The van der Waals surface area contributed by atoms with Gasteiger partial charge in [-0.2, -0.15) is 0 Å². The molecule has 0 amide bonds. The Labute approximate surface area is 77.7 Å². The van der Waals surface area contributed by atoms with Crippen LogP contribution >= 0.6 is 15.9 Å². The van der Waals surface area contributed by atoms with Gasteiger partial charge in [-0.15, -0.1) is 0 Å². The molecule has 0 unspecified atom stereocenters. The number of hydrogen-bond donors (Lipinski definition) is 0. The molecular weight excluding hydrogens is 230 g/mol. The number of alkyl halides is 2. The van der Waals surface area contributed by atoms with Crippen LogP contribution in [0.15, 0.2) is 17.1 Å². The maximum absolute atomic E-state index is 11.7. The van der Waals surface area contributed by atoms with E-state index in [4.69, 9.17) is 0 Å². The minimum atomic E-state index is -2.20. The SMILES string of the molecule is FC(F)CCCn1cnc(Br)c1. The van der Waals surface area contributed by atoms with Crippen LogP contribution in [0.3, 0.4) is 0 Å². The van der Waals surface area contributed by atoms with Gasteiger partial charge in [-0.1, -0.05) is 0 Å². The van der Waals surface area contributed by atoms with Crippen LogP contribution in [0.25, 0.3) is 0 Å². The zero-order valence-corrected chi connectivity index (χ0v) is 7.97. The van der Waals surface area contributed by atoms with Gasteiger partial charge >= 0.3 is 0 Å². The van der Waals surface area contributed by atoms with Crippen molar-refractivity contribution in [1.82, 2.24) is 9.55 Å². The van der Waals surface area contributed by atoms with Crippen LogP contribution in [0.2, 0.25) is 0 Å². The topological polar surface area (TPSA) is 17.8 Å². The van der Waals surface area contributed by atoms with Gasteiger partial charge in [0.15, 0.2) is 0 Å². The van der Waals surface area contributed by atoms with Crippen LogP contribution < -0.4 is 0 Å². The number of rotatable bonds is 4. The van der Waals surface area contributed by atoms with E-state index >= 15 is 0 Å². The first-order chi connectivity index (χ1) is 5.68. The lowest BCUT2D eigenvalue weighted by Crippen LogP contribution is -1.97. The number of imidazole rings is 1. The first-order valence-corrected chi connectivity index (χ1v) is 4.43. The highest BCUT2D eigenvalue weighted by molar-refractivity contribution is 9.10. The van der Waals surface area contributed by atoms with E-state index in [1.165, 1.54) is 0 Å². The third-order valence-corrected chi connectivity index (χ3v) is 1.85. The Hall–Kier alpha value is -0.450. The van der Waals surface area contributed by atoms with Crippen molar-refractivity contribution in [3.05, 3.63) is 17.1 Å². The summed E-state index contributed by atoms with van der Waals surface area (Å²) in [6.45, 7) is 0.600. The normalized spacial score (nSPS) is 11.0. The number of nitrogens with zero attached hydrogens (tertiary/aromatic N) is 2. The van der Waals surface area contributed by atoms with Crippen molar-refractivity contribution in [3.8, 4) is 0 Å². The average molecular weight is 239 g/mol. The zero-order valence-electron chi connectivity index (χ0n) is 6.38. The molecule has 1 heterocycles. The first-order valence-electron chi connectivity index (χ1n) is 3.64. The molecule has 0 fully saturated rings. The molecule has 2 nitrogen and oxygen atoms in total. The van der Waals surface area contributed by atoms with Gasteiger partial charge in [0, 0.05) is 19.2 Å². The van der Waals surface area contributed by atoms with Gasteiger partial charge in [0.05, 0.1) is 6.33 Å². The predicted octanol–water partition coefficient (Wildman–Crippen LogP) is 2.69. The summed E-state index contributed by atoms with van der Waals surface area (Å²) in [4.78, 5) is 3.91. The maximum atomic E-state index is 11.7. The van der Waals surface area contributed by atoms with E-state index < -0.39 is 6.43 Å². The molecular formula is C7H9BrF2N2. The summed E-state index contributed by atoms with van der Waals surface area (Å²) < 4.78 is 25.9. The molecule has 0 bridgehead atoms.